The Morgan fingerprint density at radius 3 is 1.54 bits per heavy atom. The van der Waals surface area contributed by atoms with Crippen molar-refractivity contribution in [3.8, 4) is 22.3 Å². The van der Waals surface area contributed by atoms with Crippen LogP contribution in [0, 0.1) is 6.92 Å². The Morgan fingerprint density at radius 1 is 0.385 bits per heavy atom. The molecule has 9 aromatic rings. The molecule has 0 radical (unpaired) electrons. The number of hydrogen-bond donors (Lipinski definition) is 0. The fourth-order valence-electron chi connectivity index (χ4n) is 7.18. The third-order valence-electron chi connectivity index (χ3n) is 9.77. The smallest absolute Gasteiger partial charge is 0.137 e. The standard InChI is InChI=1S/C49H36N2O/c1-35-46(50(40-18-7-3-8-19-40)41-20-9-4-10-21-41)24-14-25-47(35)51(43-31-32-45-44-23-11-12-26-48(44)52-49(45)34-43)42-22-13-17-39(33-42)38-29-27-37(28-30-38)36-15-5-2-6-16-36/h2-34H,1H3/i14D. The van der Waals surface area contributed by atoms with Crippen molar-refractivity contribution < 1.29 is 5.79 Å². The summed E-state index contributed by atoms with van der Waals surface area (Å²) in [5.41, 5.74) is 13.1. The minimum absolute atomic E-state index is 0.417. The first kappa shape index (κ1) is 30.0. The summed E-state index contributed by atoms with van der Waals surface area (Å²) >= 11 is 0. The molecule has 0 unspecified atom stereocenters. The van der Waals surface area contributed by atoms with Gasteiger partial charge >= 0.3 is 0 Å². The molecule has 0 saturated heterocycles. The van der Waals surface area contributed by atoms with Gasteiger partial charge in [-0.1, -0.05) is 127 Å². The molecule has 0 aliphatic carbocycles. The molecule has 1 aromatic heterocycles. The van der Waals surface area contributed by atoms with Crippen molar-refractivity contribution >= 4 is 56.1 Å². The van der Waals surface area contributed by atoms with Crippen molar-refractivity contribution in [1.82, 2.24) is 0 Å². The lowest BCUT2D eigenvalue weighted by molar-refractivity contribution is 0.669. The van der Waals surface area contributed by atoms with Crippen molar-refractivity contribution in [2.24, 2.45) is 0 Å². The first-order valence-electron chi connectivity index (χ1n) is 18.1. The van der Waals surface area contributed by atoms with Crippen LogP contribution >= 0.6 is 0 Å². The van der Waals surface area contributed by atoms with E-state index in [0.717, 1.165) is 72.8 Å². The predicted octanol–water partition coefficient (Wildman–Crippen LogP) is 14.2. The van der Waals surface area contributed by atoms with Gasteiger partial charge in [-0.3, -0.25) is 0 Å². The molecule has 0 saturated carbocycles. The van der Waals surface area contributed by atoms with E-state index in [1.165, 1.54) is 11.1 Å². The van der Waals surface area contributed by atoms with Gasteiger partial charge in [0.05, 0.1) is 12.7 Å². The van der Waals surface area contributed by atoms with Crippen LogP contribution in [0.3, 0.4) is 0 Å². The monoisotopic (exact) mass is 669 g/mol. The molecule has 3 nitrogen and oxygen atoms in total. The number of para-hydroxylation sites is 3. The topological polar surface area (TPSA) is 19.6 Å². The summed E-state index contributed by atoms with van der Waals surface area (Å²) in [7, 11) is 0. The average molecular weight is 670 g/mol. The zero-order valence-electron chi connectivity index (χ0n) is 29.8. The number of rotatable bonds is 8. The van der Waals surface area contributed by atoms with Gasteiger partial charge in [-0.05, 0) is 101 Å². The van der Waals surface area contributed by atoms with Crippen LogP contribution in [0.1, 0.15) is 6.93 Å². The second kappa shape index (κ2) is 13.5. The van der Waals surface area contributed by atoms with Gasteiger partial charge < -0.3 is 14.2 Å². The third kappa shape index (κ3) is 5.78. The van der Waals surface area contributed by atoms with E-state index < -0.39 is 0 Å². The predicted molar refractivity (Wildman–Crippen MR) is 219 cm³/mol. The number of nitrogens with zero attached hydrogens (tertiary/aromatic N) is 2. The highest BCUT2D eigenvalue weighted by Crippen LogP contribution is 2.45. The van der Waals surface area contributed by atoms with Gasteiger partial charge in [0, 0.05) is 39.6 Å². The Bertz CT molecular complexity index is 2650. The van der Waals surface area contributed by atoms with Gasteiger partial charge in [-0.2, -0.15) is 0 Å². The lowest BCUT2D eigenvalue weighted by Crippen LogP contribution is -2.15. The quantitative estimate of drug-likeness (QED) is 0.161. The van der Waals surface area contributed by atoms with E-state index in [9.17, 15) is 1.37 Å². The van der Waals surface area contributed by atoms with Crippen LogP contribution in [0.15, 0.2) is 205 Å². The van der Waals surface area contributed by atoms with Gasteiger partial charge in [0.2, 0.25) is 0 Å². The number of benzene rings is 8. The largest absolute Gasteiger partial charge is 0.456 e. The second-order valence-corrected chi connectivity index (χ2v) is 13.0. The molecule has 52 heavy (non-hydrogen) atoms. The van der Waals surface area contributed by atoms with E-state index in [-0.39, 0.29) is 0 Å². The van der Waals surface area contributed by atoms with E-state index in [0.29, 0.717) is 6.04 Å². The fraction of sp³-hybridized carbons (Fsp3) is 0.0204. The number of fused-ring (bicyclic) bond motifs is 3. The Morgan fingerprint density at radius 2 is 0.865 bits per heavy atom. The SMILES string of the molecule is [2H]c1cc(N(c2ccccc2)c2ccccc2)c(C)c(N(c2cccc(-c3ccc(-c4ccccc4)cc3)c2)c2ccc3c(c2)oc2ccccc23)c1. The zero-order chi connectivity index (χ0) is 35.7. The maximum Gasteiger partial charge on any atom is 0.137 e. The molecule has 0 atom stereocenters. The number of furan rings is 1. The van der Waals surface area contributed by atoms with Crippen LogP contribution in [0.4, 0.5) is 34.1 Å². The van der Waals surface area contributed by atoms with Gasteiger partial charge in [-0.15, -0.1) is 0 Å². The lowest BCUT2D eigenvalue weighted by atomic mass is 9.99. The fourth-order valence-corrected chi connectivity index (χ4v) is 7.18. The molecular weight excluding hydrogens is 633 g/mol. The lowest BCUT2D eigenvalue weighted by Gasteiger charge is -2.32. The highest BCUT2D eigenvalue weighted by Gasteiger charge is 2.22. The van der Waals surface area contributed by atoms with Crippen molar-refractivity contribution in [2.75, 3.05) is 9.80 Å². The van der Waals surface area contributed by atoms with E-state index >= 15 is 0 Å². The Hall–Kier alpha value is -6.84. The van der Waals surface area contributed by atoms with Crippen molar-refractivity contribution in [3.05, 3.63) is 206 Å². The molecule has 1 heterocycles. The average Bonchev–Trinajstić information content (AvgIpc) is 3.59. The van der Waals surface area contributed by atoms with E-state index in [1.807, 2.05) is 48.5 Å². The molecule has 3 heteroatoms. The molecule has 248 valence electrons. The van der Waals surface area contributed by atoms with Crippen LogP contribution in [0.5, 0.6) is 0 Å². The van der Waals surface area contributed by atoms with Crippen molar-refractivity contribution in [3.63, 3.8) is 0 Å². The van der Waals surface area contributed by atoms with Gasteiger partial charge in [0.25, 0.3) is 0 Å². The summed E-state index contributed by atoms with van der Waals surface area (Å²) < 4.78 is 15.6. The molecule has 0 N–H and O–H groups in total. The minimum atomic E-state index is 0.417. The van der Waals surface area contributed by atoms with Gasteiger partial charge in [0.1, 0.15) is 11.2 Å². The molecule has 0 aliphatic heterocycles. The molecule has 8 aromatic carbocycles. The Balaban J connectivity index is 1.23. The summed E-state index contributed by atoms with van der Waals surface area (Å²) in [5.74, 6) is 0. The number of anilines is 6. The van der Waals surface area contributed by atoms with Crippen LogP contribution in [-0.2, 0) is 0 Å². The summed E-state index contributed by atoms with van der Waals surface area (Å²) in [4.78, 5) is 4.50. The summed E-state index contributed by atoms with van der Waals surface area (Å²) in [6.07, 6.45) is 0. The highest BCUT2D eigenvalue weighted by atomic mass is 16.3. The van der Waals surface area contributed by atoms with Gasteiger partial charge in [0.15, 0.2) is 0 Å². The Labute approximate surface area is 305 Å². The van der Waals surface area contributed by atoms with Crippen LogP contribution in [0.25, 0.3) is 44.2 Å². The van der Waals surface area contributed by atoms with E-state index in [1.54, 1.807) is 0 Å². The normalized spacial score (nSPS) is 11.4. The zero-order valence-corrected chi connectivity index (χ0v) is 28.8. The van der Waals surface area contributed by atoms with Crippen LogP contribution in [-0.4, -0.2) is 0 Å². The molecule has 0 bridgehead atoms. The summed E-state index contributed by atoms with van der Waals surface area (Å²) in [6.45, 7) is 2.15. The summed E-state index contributed by atoms with van der Waals surface area (Å²) in [6, 6.07) is 67.6. The molecule has 0 aliphatic rings. The van der Waals surface area contributed by atoms with Gasteiger partial charge in [-0.25, -0.2) is 0 Å². The number of hydrogen-bond acceptors (Lipinski definition) is 3. The van der Waals surface area contributed by atoms with Crippen LogP contribution < -0.4 is 9.80 Å². The van der Waals surface area contributed by atoms with E-state index in [2.05, 4.69) is 162 Å². The van der Waals surface area contributed by atoms with Crippen molar-refractivity contribution in [2.45, 2.75) is 6.92 Å². The molecule has 0 amide bonds. The van der Waals surface area contributed by atoms with Crippen molar-refractivity contribution in [1.29, 1.82) is 0 Å². The van der Waals surface area contributed by atoms with E-state index in [4.69, 9.17) is 4.42 Å². The summed E-state index contributed by atoms with van der Waals surface area (Å²) in [5, 5.41) is 2.16. The Kier molecular flexibility index (Phi) is 7.77. The second-order valence-electron chi connectivity index (χ2n) is 13.0. The highest BCUT2D eigenvalue weighted by molar-refractivity contribution is 6.06. The molecular formula is C49H36N2O. The molecule has 9 rings (SSSR count). The first-order valence-corrected chi connectivity index (χ1v) is 17.6. The first-order chi connectivity index (χ1) is 26.1. The minimum Gasteiger partial charge on any atom is -0.456 e. The van der Waals surface area contributed by atoms with Crippen LogP contribution in [0.2, 0.25) is 0 Å². The third-order valence-corrected chi connectivity index (χ3v) is 9.77. The maximum absolute atomic E-state index is 9.21. The molecule has 0 spiro atoms. The molecule has 0 fully saturated rings. The maximum atomic E-state index is 9.21.